The quantitative estimate of drug-likeness (QED) is 0.910. The van der Waals surface area contributed by atoms with Crippen LogP contribution in [0.25, 0.3) is 11.0 Å². The molecule has 0 spiro atoms. The molecule has 1 saturated heterocycles. The summed E-state index contributed by atoms with van der Waals surface area (Å²) in [6.07, 6.45) is 2.23. The van der Waals surface area contributed by atoms with Crippen molar-refractivity contribution in [2.75, 3.05) is 19.7 Å². The third-order valence-corrected chi connectivity index (χ3v) is 3.36. The second kappa shape index (κ2) is 7.88. The first kappa shape index (κ1) is 16.4. The lowest BCUT2D eigenvalue weighted by atomic mass is 9.99. The SMILES string of the molecule is FC(F)F.Oc1cccc2onc(OCC3CCNCC3)c12. The van der Waals surface area contributed by atoms with Gasteiger partial charge in [-0.15, -0.1) is 0 Å². The molecule has 1 aliphatic heterocycles. The molecule has 1 aromatic carbocycles. The van der Waals surface area contributed by atoms with Crippen LogP contribution < -0.4 is 10.1 Å². The van der Waals surface area contributed by atoms with Crippen LogP contribution >= 0.6 is 0 Å². The zero-order valence-corrected chi connectivity index (χ0v) is 11.8. The lowest BCUT2D eigenvalue weighted by molar-refractivity contribution is 0.00819. The van der Waals surface area contributed by atoms with Crippen molar-refractivity contribution < 1.29 is 27.5 Å². The Morgan fingerprint density at radius 1 is 1.32 bits per heavy atom. The van der Waals surface area contributed by atoms with Crippen LogP contribution in [0.4, 0.5) is 13.2 Å². The highest BCUT2D eigenvalue weighted by Gasteiger charge is 2.17. The van der Waals surface area contributed by atoms with E-state index in [2.05, 4.69) is 10.5 Å². The molecule has 0 saturated carbocycles. The summed E-state index contributed by atoms with van der Waals surface area (Å²) in [4.78, 5) is 0. The van der Waals surface area contributed by atoms with E-state index in [4.69, 9.17) is 9.26 Å². The molecule has 122 valence electrons. The summed E-state index contributed by atoms with van der Waals surface area (Å²) in [5, 5.41) is 17.5. The topological polar surface area (TPSA) is 67.5 Å². The number of aromatic hydroxyl groups is 1. The summed E-state index contributed by atoms with van der Waals surface area (Å²) in [5.74, 6) is 1.08. The molecule has 1 fully saturated rings. The summed E-state index contributed by atoms with van der Waals surface area (Å²) in [6.45, 7) is -0.963. The summed E-state index contributed by atoms with van der Waals surface area (Å²) < 4.78 is 39.8. The van der Waals surface area contributed by atoms with Crippen molar-refractivity contribution in [2.24, 2.45) is 5.92 Å². The number of rotatable bonds is 3. The van der Waals surface area contributed by atoms with Gasteiger partial charge in [0.1, 0.15) is 11.1 Å². The lowest BCUT2D eigenvalue weighted by Crippen LogP contribution is -2.30. The van der Waals surface area contributed by atoms with Crippen LogP contribution in [-0.4, -0.2) is 36.6 Å². The Hall–Kier alpha value is -1.96. The molecule has 0 bridgehead atoms. The molecule has 1 aromatic heterocycles. The number of phenolic OH excluding ortho intramolecular Hbond substituents is 1. The van der Waals surface area contributed by atoms with Gasteiger partial charge in [-0.1, -0.05) is 6.07 Å². The minimum atomic E-state index is -3.67. The van der Waals surface area contributed by atoms with E-state index in [0.717, 1.165) is 25.9 Å². The standard InChI is InChI=1S/C13H16N2O3.CHF3/c16-10-2-1-3-11-12(10)13(15-18-11)17-8-9-4-6-14-7-5-9;2-1(3)4/h1-3,9,14,16H,4-8H2;1H. The van der Waals surface area contributed by atoms with Gasteiger partial charge < -0.3 is 19.7 Å². The second-order valence-corrected chi connectivity index (χ2v) is 4.89. The number of piperidine rings is 1. The van der Waals surface area contributed by atoms with Crippen molar-refractivity contribution >= 4 is 11.0 Å². The monoisotopic (exact) mass is 318 g/mol. The van der Waals surface area contributed by atoms with E-state index < -0.39 is 6.68 Å². The van der Waals surface area contributed by atoms with Gasteiger partial charge in [0.2, 0.25) is 0 Å². The largest absolute Gasteiger partial charge is 0.507 e. The van der Waals surface area contributed by atoms with Crippen molar-refractivity contribution in [1.29, 1.82) is 0 Å². The molecule has 2 heterocycles. The van der Waals surface area contributed by atoms with Gasteiger partial charge in [-0.2, -0.15) is 13.2 Å². The molecular weight excluding hydrogens is 301 g/mol. The molecule has 0 amide bonds. The zero-order chi connectivity index (χ0) is 15.9. The fourth-order valence-electron chi connectivity index (χ4n) is 2.29. The van der Waals surface area contributed by atoms with Gasteiger partial charge >= 0.3 is 6.68 Å². The number of aromatic nitrogens is 1. The summed E-state index contributed by atoms with van der Waals surface area (Å²) in [7, 11) is 0. The molecule has 0 atom stereocenters. The third-order valence-electron chi connectivity index (χ3n) is 3.36. The first-order valence-electron chi connectivity index (χ1n) is 6.91. The summed E-state index contributed by atoms with van der Waals surface area (Å²) in [6, 6.07) is 5.09. The number of hydrogen-bond donors (Lipinski definition) is 2. The van der Waals surface area contributed by atoms with Crippen molar-refractivity contribution in [3.05, 3.63) is 18.2 Å². The van der Waals surface area contributed by atoms with Crippen LogP contribution in [0.3, 0.4) is 0 Å². The number of phenols is 1. The fraction of sp³-hybridized carbons (Fsp3) is 0.500. The van der Waals surface area contributed by atoms with Gasteiger partial charge in [0.15, 0.2) is 5.58 Å². The van der Waals surface area contributed by atoms with Crippen LogP contribution in [0, 0.1) is 5.92 Å². The van der Waals surface area contributed by atoms with E-state index >= 15 is 0 Å². The lowest BCUT2D eigenvalue weighted by Gasteiger charge is -2.21. The number of benzene rings is 1. The molecule has 0 unspecified atom stereocenters. The number of nitrogens with zero attached hydrogens (tertiary/aromatic N) is 1. The molecule has 1 aliphatic rings. The van der Waals surface area contributed by atoms with Gasteiger partial charge in [0, 0.05) is 0 Å². The first-order valence-corrected chi connectivity index (χ1v) is 6.91. The van der Waals surface area contributed by atoms with E-state index in [9.17, 15) is 18.3 Å². The Morgan fingerprint density at radius 3 is 2.68 bits per heavy atom. The predicted molar refractivity (Wildman–Crippen MR) is 73.9 cm³/mol. The summed E-state index contributed by atoms with van der Waals surface area (Å²) in [5.41, 5.74) is 0.551. The fourth-order valence-corrected chi connectivity index (χ4v) is 2.29. The number of ether oxygens (including phenoxy) is 1. The molecule has 0 radical (unpaired) electrons. The van der Waals surface area contributed by atoms with Crippen LogP contribution in [0.1, 0.15) is 12.8 Å². The number of fused-ring (bicyclic) bond motifs is 1. The third kappa shape index (κ3) is 4.52. The highest BCUT2D eigenvalue weighted by molar-refractivity contribution is 5.88. The molecule has 3 rings (SSSR count). The maximum absolute atomic E-state index is 9.79. The van der Waals surface area contributed by atoms with Crippen molar-refractivity contribution in [2.45, 2.75) is 19.5 Å². The Labute approximate surface area is 125 Å². The Bertz CT molecular complexity index is 583. The van der Waals surface area contributed by atoms with Gasteiger partial charge in [-0.05, 0) is 49.1 Å². The van der Waals surface area contributed by atoms with Gasteiger partial charge in [0.25, 0.3) is 5.88 Å². The number of hydrogen-bond acceptors (Lipinski definition) is 5. The van der Waals surface area contributed by atoms with Gasteiger partial charge in [-0.25, -0.2) is 0 Å². The average molecular weight is 318 g/mol. The van der Waals surface area contributed by atoms with Crippen LogP contribution in [0.2, 0.25) is 0 Å². The molecule has 0 aliphatic carbocycles. The normalized spacial score (nSPS) is 15.6. The minimum Gasteiger partial charge on any atom is -0.507 e. The Balaban J connectivity index is 0.000000396. The van der Waals surface area contributed by atoms with E-state index in [1.165, 1.54) is 0 Å². The summed E-state index contributed by atoms with van der Waals surface area (Å²) >= 11 is 0. The minimum absolute atomic E-state index is 0.147. The van der Waals surface area contributed by atoms with E-state index in [0.29, 0.717) is 29.4 Å². The highest BCUT2D eigenvalue weighted by Crippen LogP contribution is 2.33. The highest BCUT2D eigenvalue weighted by atomic mass is 19.4. The second-order valence-electron chi connectivity index (χ2n) is 4.89. The zero-order valence-electron chi connectivity index (χ0n) is 11.8. The molecule has 8 heteroatoms. The van der Waals surface area contributed by atoms with Gasteiger partial charge in [-0.3, -0.25) is 0 Å². The number of alkyl halides is 3. The maximum atomic E-state index is 9.79. The predicted octanol–water partition coefficient (Wildman–Crippen LogP) is 3.09. The van der Waals surface area contributed by atoms with E-state index in [-0.39, 0.29) is 5.75 Å². The Morgan fingerprint density at radius 2 is 2.00 bits per heavy atom. The molecule has 2 aromatic rings. The van der Waals surface area contributed by atoms with E-state index in [1.807, 2.05) is 0 Å². The Kier molecular flexibility index (Phi) is 5.88. The van der Waals surface area contributed by atoms with Crippen molar-refractivity contribution in [3.8, 4) is 11.6 Å². The van der Waals surface area contributed by atoms with Gasteiger partial charge in [0.05, 0.1) is 6.61 Å². The average Bonchev–Trinajstić information content (AvgIpc) is 2.90. The van der Waals surface area contributed by atoms with E-state index in [1.54, 1.807) is 18.2 Å². The number of halogens is 3. The molecule has 5 nitrogen and oxygen atoms in total. The van der Waals surface area contributed by atoms with Crippen LogP contribution in [0.5, 0.6) is 11.6 Å². The maximum Gasteiger partial charge on any atom is 0.379 e. The van der Waals surface area contributed by atoms with Crippen molar-refractivity contribution in [3.63, 3.8) is 0 Å². The molecule has 2 N–H and O–H groups in total. The first-order chi connectivity index (χ1) is 10.6. The smallest absolute Gasteiger partial charge is 0.379 e. The van der Waals surface area contributed by atoms with Crippen LogP contribution in [0.15, 0.2) is 22.7 Å². The molecule has 22 heavy (non-hydrogen) atoms. The van der Waals surface area contributed by atoms with Crippen molar-refractivity contribution in [1.82, 2.24) is 10.5 Å². The van der Waals surface area contributed by atoms with Crippen LogP contribution in [-0.2, 0) is 0 Å². The molecular formula is C14H17F3N2O3. The number of nitrogens with one attached hydrogen (secondary N) is 1.